The van der Waals surface area contributed by atoms with Crippen molar-refractivity contribution in [1.29, 1.82) is 0 Å². The van der Waals surface area contributed by atoms with Crippen LogP contribution in [-0.4, -0.2) is 17.0 Å². The molecule has 4 nitrogen and oxygen atoms in total. The molecule has 1 aromatic rings. The highest BCUT2D eigenvalue weighted by atomic mass is 19.1. The molecule has 2 aliphatic rings. The smallest absolute Gasteiger partial charge is 0.307 e. The van der Waals surface area contributed by atoms with E-state index in [1.54, 1.807) is 6.07 Å². The second-order valence-electron chi connectivity index (χ2n) is 5.34. The number of carboxylic acid groups (broad SMARTS) is 1. The van der Waals surface area contributed by atoms with E-state index >= 15 is 0 Å². The first-order valence-corrected chi connectivity index (χ1v) is 6.54. The van der Waals surface area contributed by atoms with E-state index in [9.17, 15) is 19.1 Å². The molecular weight excluding hydrogens is 261 g/mol. The van der Waals surface area contributed by atoms with Crippen molar-refractivity contribution in [1.82, 2.24) is 0 Å². The first kappa shape index (κ1) is 12.8. The Morgan fingerprint density at radius 2 is 1.90 bits per heavy atom. The highest BCUT2D eigenvalue weighted by Gasteiger charge is 2.51. The average Bonchev–Trinajstić information content (AvgIpc) is 2.98. The van der Waals surface area contributed by atoms with Crippen LogP contribution in [0.2, 0.25) is 0 Å². The lowest BCUT2D eigenvalue weighted by Gasteiger charge is -2.23. The molecule has 0 aromatic heterocycles. The van der Waals surface area contributed by atoms with Gasteiger partial charge in [0.25, 0.3) is 0 Å². The zero-order valence-corrected chi connectivity index (χ0v) is 10.6. The molecule has 20 heavy (non-hydrogen) atoms. The minimum Gasteiger partial charge on any atom is -0.481 e. The Balaban J connectivity index is 1.80. The monoisotopic (exact) mass is 275 g/mol. The molecule has 1 saturated carbocycles. The number of carbonyl (C=O) groups excluding carboxylic acids is 1. The number of rotatable bonds is 3. The summed E-state index contributed by atoms with van der Waals surface area (Å²) in [5.41, 5.74) is 0.353. The van der Waals surface area contributed by atoms with Crippen LogP contribution < -0.4 is 5.32 Å². The molecule has 0 spiro atoms. The van der Waals surface area contributed by atoms with Crippen LogP contribution in [0.4, 0.5) is 10.1 Å². The predicted molar refractivity (Wildman–Crippen MR) is 70.4 cm³/mol. The van der Waals surface area contributed by atoms with Gasteiger partial charge in [0.1, 0.15) is 5.82 Å². The van der Waals surface area contributed by atoms with E-state index in [1.807, 2.05) is 12.2 Å². The predicted octanol–water partition coefficient (Wildman–Crippen LogP) is 2.29. The van der Waals surface area contributed by atoms with Gasteiger partial charge in [0.05, 0.1) is 11.8 Å². The molecule has 2 N–H and O–H groups in total. The Kier molecular flexibility index (Phi) is 3.04. The van der Waals surface area contributed by atoms with Crippen molar-refractivity contribution < 1.29 is 19.1 Å². The topological polar surface area (TPSA) is 66.4 Å². The van der Waals surface area contributed by atoms with Crippen LogP contribution in [0.15, 0.2) is 36.4 Å². The van der Waals surface area contributed by atoms with Gasteiger partial charge in [-0.2, -0.15) is 0 Å². The molecule has 1 aromatic carbocycles. The van der Waals surface area contributed by atoms with Gasteiger partial charge in [-0.05, 0) is 36.5 Å². The third-order valence-electron chi connectivity index (χ3n) is 4.14. The number of hydrogen-bond donors (Lipinski definition) is 2. The molecule has 4 atom stereocenters. The minimum absolute atomic E-state index is 0.0327. The average molecular weight is 275 g/mol. The van der Waals surface area contributed by atoms with E-state index in [4.69, 9.17) is 0 Å². The van der Waals surface area contributed by atoms with Gasteiger partial charge in [0, 0.05) is 5.69 Å². The maximum absolute atomic E-state index is 13.1. The molecular formula is C15H14FNO3. The molecule has 2 bridgehead atoms. The molecule has 104 valence electrons. The molecule has 1 fully saturated rings. The molecule has 0 heterocycles. The van der Waals surface area contributed by atoms with Gasteiger partial charge in [-0.3, -0.25) is 9.59 Å². The third-order valence-corrected chi connectivity index (χ3v) is 4.14. The number of halogens is 1. The Bertz CT molecular complexity index is 599. The number of fused-ring (bicyclic) bond motifs is 2. The number of carboxylic acids is 1. The van der Waals surface area contributed by atoms with Gasteiger partial charge >= 0.3 is 5.97 Å². The zero-order chi connectivity index (χ0) is 14.3. The second kappa shape index (κ2) is 4.74. The van der Waals surface area contributed by atoms with Crippen LogP contribution in [0.3, 0.4) is 0 Å². The van der Waals surface area contributed by atoms with Gasteiger partial charge < -0.3 is 10.4 Å². The minimum atomic E-state index is -0.943. The van der Waals surface area contributed by atoms with Crippen LogP contribution in [-0.2, 0) is 9.59 Å². The van der Waals surface area contributed by atoms with Crippen LogP contribution >= 0.6 is 0 Å². The van der Waals surface area contributed by atoms with E-state index in [-0.39, 0.29) is 17.7 Å². The summed E-state index contributed by atoms with van der Waals surface area (Å²) >= 11 is 0. The molecule has 2 aliphatic carbocycles. The van der Waals surface area contributed by atoms with Crippen molar-refractivity contribution in [3.63, 3.8) is 0 Å². The maximum Gasteiger partial charge on any atom is 0.307 e. The van der Waals surface area contributed by atoms with Crippen molar-refractivity contribution in [2.45, 2.75) is 6.42 Å². The summed E-state index contributed by atoms with van der Waals surface area (Å²) < 4.78 is 13.1. The summed E-state index contributed by atoms with van der Waals surface area (Å²) in [6.45, 7) is 0. The molecule has 0 radical (unpaired) electrons. The Morgan fingerprint density at radius 1 is 1.20 bits per heavy atom. The second-order valence-corrected chi connectivity index (χ2v) is 5.34. The van der Waals surface area contributed by atoms with E-state index in [0.717, 1.165) is 0 Å². The van der Waals surface area contributed by atoms with Gasteiger partial charge in [0.15, 0.2) is 0 Å². The van der Waals surface area contributed by atoms with Crippen LogP contribution in [0.5, 0.6) is 0 Å². The molecule has 1 amide bonds. The number of hydrogen-bond acceptors (Lipinski definition) is 2. The zero-order valence-electron chi connectivity index (χ0n) is 10.6. The number of aliphatic carboxylic acids is 1. The summed E-state index contributed by atoms with van der Waals surface area (Å²) in [6, 6.07) is 5.59. The fraction of sp³-hybridized carbons (Fsp3) is 0.333. The van der Waals surface area contributed by atoms with Gasteiger partial charge in [-0.15, -0.1) is 0 Å². The van der Waals surface area contributed by atoms with Crippen molar-refractivity contribution in [2.75, 3.05) is 5.32 Å². The molecule has 3 rings (SSSR count). The Morgan fingerprint density at radius 3 is 2.55 bits per heavy atom. The first-order chi connectivity index (χ1) is 9.56. The Labute approximate surface area is 115 Å². The number of carbonyl (C=O) groups is 2. The summed E-state index contributed by atoms with van der Waals surface area (Å²) in [7, 11) is 0. The van der Waals surface area contributed by atoms with Crippen molar-refractivity contribution in [2.24, 2.45) is 23.7 Å². The van der Waals surface area contributed by atoms with E-state index in [0.29, 0.717) is 12.1 Å². The molecule has 0 saturated heterocycles. The quantitative estimate of drug-likeness (QED) is 0.832. The lowest BCUT2D eigenvalue weighted by atomic mass is 9.82. The maximum atomic E-state index is 13.1. The third kappa shape index (κ3) is 2.09. The number of allylic oxidation sites excluding steroid dienone is 2. The lowest BCUT2D eigenvalue weighted by molar-refractivity contribution is -0.146. The highest BCUT2D eigenvalue weighted by Crippen LogP contribution is 2.48. The normalized spacial score (nSPS) is 30.4. The van der Waals surface area contributed by atoms with E-state index in [1.165, 1.54) is 18.2 Å². The van der Waals surface area contributed by atoms with Crippen molar-refractivity contribution in [3.05, 3.63) is 42.2 Å². The summed E-state index contributed by atoms with van der Waals surface area (Å²) in [6.07, 6.45) is 4.51. The van der Waals surface area contributed by atoms with Crippen LogP contribution in [0, 0.1) is 29.5 Å². The van der Waals surface area contributed by atoms with Gasteiger partial charge in [-0.25, -0.2) is 4.39 Å². The first-order valence-electron chi connectivity index (χ1n) is 6.54. The molecule has 5 heteroatoms. The number of anilines is 1. The van der Waals surface area contributed by atoms with Crippen molar-refractivity contribution >= 4 is 17.6 Å². The molecule has 2 unspecified atom stereocenters. The van der Waals surface area contributed by atoms with Gasteiger partial charge in [0.2, 0.25) is 5.91 Å². The summed E-state index contributed by atoms with van der Waals surface area (Å²) in [4.78, 5) is 23.6. The van der Waals surface area contributed by atoms with Crippen molar-refractivity contribution in [3.8, 4) is 0 Å². The Hall–Kier alpha value is -2.17. The largest absolute Gasteiger partial charge is 0.481 e. The standard InChI is InChI=1S/C15H14FNO3/c16-10-2-1-3-11(7-10)17-14(18)12-8-4-5-9(6-8)13(12)15(19)20/h1-5,7-9,12-13H,6H2,(H,17,18)(H,19,20)/t8?,9?,12-,13+/m1/s1. The van der Waals surface area contributed by atoms with Crippen LogP contribution in [0.1, 0.15) is 6.42 Å². The number of nitrogens with one attached hydrogen (secondary N) is 1. The van der Waals surface area contributed by atoms with E-state index < -0.39 is 23.6 Å². The highest BCUT2D eigenvalue weighted by molar-refractivity contribution is 5.96. The van der Waals surface area contributed by atoms with Crippen LogP contribution in [0.25, 0.3) is 0 Å². The SMILES string of the molecule is O=C(Nc1cccc(F)c1)[C@@H]1C2C=CC(C2)[C@@H]1C(=O)O. The fourth-order valence-corrected chi connectivity index (χ4v) is 3.31. The summed E-state index contributed by atoms with van der Waals surface area (Å²) in [5, 5.41) is 11.9. The van der Waals surface area contributed by atoms with Gasteiger partial charge in [-0.1, -0.05) is 18.2 Å². The number of benzene rings is 1. The fourth-order valence-electron chi connectivity index (χ4n) is 3.31. The lowest BCUT2D eigenvalue weighted by Crippen LogP contribution is -2.36. The van der Waals surface area contributed by atoms with E-state index in [2.05, 4.69) is 5.32 Å². The summed E-state index contributed by atoms with van der Waals surface area (Å²) in [5.74, 6) is -3.09. The number of amides is 1. The molecule has 0 aliphatic heterocycles.